The molecule has 4 aromatic rings. The molecule has 2 aliphatic heterocycles. The minimum Gasteiger partial charge on any atom is -0.363 e. The molecular formula is C48H65N15O6. The Balaban J connectivity index is 1.02. The van der Waals surface area contributed by atoms with Gasteiger partial charge in [-0.15, -0.1) is 0 Å². The Hall–Kier alpha value is -6.94. The van der Waals surface area contributed by atoms with Gasteiger partial charge < -0.3 is 45.9 Å². The van der Waals surface area contributed by atoms with Crippen LogP contribution >= 0.6 is 0 Å². The average molecular weight is 948 g/mol. The summed E-state index contributed by atoms with van der Waals surface area (Å²) in [5, 5.41) is 39.7. The quantitative estimate of drug-likeness (QED) is 0.0664. The van der Waals surface area contributed by atoms with Gasteiger partial charge in [-0.05, 0) is 97.3 Å². The number of hydrogen-bond acceptors (Lipinski definition) is 15. The summed E-state index contributed by atoms with van der Waals surface area (Å²) >= 11 is 0. The number of benzene rings is 2. The largest absolute Gasteiger partial charge is 0.363 e. The zero-order valence-corrected chi connectivity index (χ0v) is 40.3. The van der Waals surface area contributed by atoms with Crippen molar-refractivity contribution in [1.82, 2.24) is 66.2 Å². The van der Waals surface area contributed by atoms with Crippen LogP contribution in [0.3, 0.4) is 0 Å². The molecule has 7 atom stereocenters. The van der Waals surface area contributed by atoms with Gasteiger partial charge in [-0.2, -0.15) is 0 Å². The van der Waals surface area contributed by atoms with Crippen molar-refractivity contribution in [2.75, 3.05) is 44.0 Å². The van der Waals surface area contributed by atoms with E-state index in [2.05, 4.69) is 81.3 Å². The third-order valence-corrected chi connectivity index (χ3v) is 12.2. The molecule has 4 amide bonds. The fraction of sp³-hybridized carbons (Fsp3) is 0.542. The molecule has 69 heavy (non-hydrogen) atoms. The Bertz CT molecular complexity index is 2410. The number of rotatable bonds is 23. The summed E-state index contributed by atoms with van der Waals surface area (Å²) in [4.78, 5) is 58.1. The van der Waals surface area contributed by atoms with Crippen molar-refractivity contribution in [2.45, 2.75) is 129 Å². The zero-order chi connectivity index (χ0) is 49.1. The van der Waals surface area contributed by atoms with E-state index in [4.69, 9.17) is 9.47 Å². The molecule has 2 saturated heterocycles. The number of likely N-dealkylation sites (N-methyl/N-ethyl adjacent to an activating group) is 1. The van der Waals surface area contributed by atoms with Crippen molar-refractivity contribution in [1.29, 1.82) is 0 Å². The number of nitrogens with one attached hydrogen (secondary N) is 5. The van der Waals surface area contributed by atoms with Crippen LogP contribution in [0, 0.1) is 29.6 Å². The number of carbonyl (C=O) groups excluding carboxylic acids is 4. The molecular weight excluding hydrogens is 883 g/mol. The van der Waals surface area contributed by atoms with Gasteiger partial charge >= 0.3 is 0 Å². The van der Waals surface area contributed by atoms with Crippen molar-refractivity contribution in [3.63, 3.8) is 0 Å². The molecule has 0 spiro atoms. The van der Waals surface area contributed by atoms with E-state index in [0.29, 0.717) is 51.2 Å². The highest BCUT2D eigenvalue weighted by Gasteiger charge is 2.39. The Morgan fingerprint density at radius 2 is 1.09 bits per heavy atom. The van der Waals surface area contributed by atoms with Crippen LogP contribution in [0.2, 0.25) is 0 Å². The summed E-state index contributed by atoms with van der Waals surface area (Å²) in [5.41, 5.74) is 2.15. The van der Waals surface area contributed by atoms with E-state index in [1.807, 2.05) is 60.7 Å². The van der Waals surface area contributed by atoms with Gasteiger partial charge in [-0.25, -0.2) is 9.36 Å². The van der Waals surface area contributed by atoms with Crippen molar-refractivity contribution < 1.29 is 28.7 Å². The van der Waals surface area contributed by atoms with Crippen LogP contribution in [0.4, 0.5) is 11.9 Å². The van der Waals surface area contributed by atoms with Gasteiger partial charge in [0.25, 0.3) is 0 Å². The van der Waals surface area contributed by atoms with E-state index in [9.17, 15) is 19.2 Å². The van der Waals surface area contributed by atoms with Gasteiger partial charge in [0.05, 0.1) is 43.4 Å². The molecule has 1 unspecified atom stereocenters. The van der Waals surface area contributed by atoms with E-state index >= 15 is 0 Å². The molecule has 6 rings (SSSR count). The van der Waals surface area contributed by atoms with Crippen molar-refractivity contribution >= 4 is 35.5 Å². The number of amides is 4. The monoisotopic (exact) mass is 948 g/mol. The predicted octanol–water partition coefficient (Wildman–Crippen LogP) is 1.62. The number of anilines is 2. The second-order valence-corrected chi connectivity index (χ2v) is 17.5. The molecule has 0 saturated carbocycles. The minimum absolute atomic E-state index is 0.0581. The number of tetrazole rings is 2. The van der Waals surface area contributed by atoms with E-state index in [1.54, 1.807) is 60.8 Å². The van der Waals surface area contributed by atoms with E-state index in [1.165, 1.54) is 0 Å². The van der Waals surface area contributed by atoms with Gasteiger partial charge in [-0.1, -0.05) is 96.5 Å². The van der Waals surface area contributed by atoms with Crippen LogP contribution in [0.25, 0.3) is 0 Å². The number of aromatic nitrogens is 8. The summed E-state index contributed by atoms with van der Waals surface area (Å²) in [5.74, 6) is 10.7. The lowest BCUT2D eigenvalue weighted by atomic mass is 10.1. The number of hydrogen-bond donors (Lipinski definition) is 5. The van der Waals surface area contributed by atoms with Crippen LogP contribution in [-0.2, 0) is 54.8 Å². The molecule has 2 aliphatic rings. The molecule has 368 valence electrons. The SMILES string of the molecule is CN[C@@H](C)C(=O)N[C@H](C(=O)N1CCC[C@H]1Cn1nnnc1NCc1ccccc1)C(C)OCC#CC#CCO[C@H](C)[C@H](NC(=O)C(C)C)C(=O)N1CCC[C@H]1Cn1nnnc1NCc1ccccc1. The Morgan fingerprint density at radius 3 is 1.51 bits per heavy atom. The molecule has 2 fully saturated rings. The topological polar surface area (TPSA) is 241 Å². The molecule has 0 radical (unpaired) electrons. The Kier molecular flexibility index (Phi) is 19.4. The van der Waals surface area contributed by atoms with E-state index in [0.717, 1.165) is 36.8 Å². The van der Waals surface area contributed by atoms with Gasteiger partial charge in [-0.3, -0.25) is 19.2 Å². The van der Waals surface area contributed by atoms with Crippen LogP contribution < -0.4 is 26.6 Å². The fourth-order valence-corrected chi connectivity index (χ4v) is 8.04. The average Bonchev–Trinajstić information content (AvgIpc) is 4.21. The van der Waals surface area contributed by atoms with Gasteiger partial charge in [0.1, 0.15) is 25.3 Å². The number of likely N-dealkylation sites (tertiary alicyclic amines) is 2. The maximum absolute atomic E-state index is 14.2. The maximum atomic E-state index is 14.2. The third kappa shape index (κ3) is 14.8. The summed E-state index contributed by atoms with van der Waals surface area (Å²) in [6.07, 6.45) is 1.58. The molecule has 2 aromatic carbocycles. The van der Waals surface area contributed by atoms with E-state index < -0.39 is 30.3 Å². The van der Waals surface area contributed by atoms with Crippen LogP contribution in [-0.4, -0.2) is 150 Å². The molecule has 5 N–H and O–H groups in total. The lowest BCUT2D eigenvalue weighted by molar-refractivity contribution is -0.142. The van der Waals surface area contributed by atoms with Crippen LogP contribution in [0.15, 0.2) is 60.7 Å². The molecule has 4 heterocycles. The Labute approximate surface area is 403 Å². The van der Waals surface area contributed by atoms with Gasteiger partial charge in [0.15, 0.2) is 0 Å². The standard InChI is InChI=1S/C48H65N15O6/c1-33(2)43(64)52-41(45(66)60-25-17-23-39(60)31-62-47(54-56-58-62)50-29-37-19-11-9-12-20-37)35(4)68-27-15-7-8-16-28-69-36(5)42(53-44(65)34(3)49-6)46(67)61-26-18-24-40(61)32-63-48(55-57-59-63)51-30-38-21-13-10-14-22-38/h9-14,19-22,33-36,39-42,49H,17-18,23-32H2,1-6H3,(H,52,64)(H,53,65)(H,50,54,58)(H,51,55,59)/t34-,35+,36?,39-,40-,41-,42-/m0/s1. The lowest BCUT2D eigenvalue weighted by Crippen LogP contribution is -2.58. The van der Waals surface area contributed by atoms with E-state index in [-0.39, 0.29) is 54.8 Å². The second-order valence-electron chi connectivity index (χ2n) is 17.5. The first-order valence-corrected chi connectivity index (χ1v) is 23.6. The third-order valence-electron chi connectivity index (χ3n) is 12.2. The van der Waals surface area contributed by atoms with Crippen molar-refractivity contribution in [3.05, 3.63) is 71.8 Å². The fourth-order valence-electron chi connectivity index (χ4n) is 8.04. The second kappa shape index (κ2) is 26.0. The summed E-state index contributed by atoms with van der Waals surface area (Å²) < 4.78 is 15.3. The smallest absolute Gasteiger partial charge is 0.248 e. The molecule has 0 aliphatic carbocycles. The van der Waals surface area contributed by atoms with Crippen molar-refractivity contribution in [2.24, 2.45) is 5.92 Å². The first kappa shape index (κ1) is 51.5. The van der Waals surface area contributed by atoms with Gasteiger partial charge in [0.2, 0.25) is 35.5 Å². The lowest BCUT2D eigenvalue weighted by Gasteiger charge is -2.32. The summed E-state index contributed by atoms with van der Waals surface area (Å²) in [7, 11) is 1.67. The molecule has 21 nitrogen and oxygen atoms in total. The number of carbonyl (C=O) groups is 4. The first-order valence-electron chi connectivity index (χ1n) is 23.6. The maximum Gasteiger partial charge on any atom is 0.248 e. The summed E-state index contributed by atoms with van der Waals surface area (Å²) in [6, 6.07) is 16.9. The first-order chi connectivity index (χ1) is 33.4. The minimum atomic E-state index is -0.997. The highest BCUT2D eigenvalue weighted by Crippen LogP contribution is 2.24. The van der Waals surface area contributed by atoms with Gasteiger partial charge in [0, 0.05) is 32.1 Å². The number of nitrogens with zero attached hydrogens (tertiary/aromatic N) is 10. The zero-order valence-electron chi connectivity index (χ0n) is 40.3. The number of ether oxygens (including phenoxy) is 2. The van der Waals surface area contributed by atoms with Crippen molar-refractivity contribution in [3.8, 4) is 23.7 Å². The normalized spacial score (nSPS) is 17.7. The van der Waals surface area contributed by atoms with Crippen LogP contribution in [0.1, 0.15) is 71.4 Å². The molecule has 21 heteroatoms. The summed E-state index contributed by atoms with van der Waals surface area (Å²) in [6.45, 7) is 11.4. The Morgan fingerprint density at radius 1 is 0.652 bits per heavy atom. The predicted molar refractivity (Wildman–Crippen MR) is 256 cm³/mol. The molecule has 0 bridgehead atoms. The highest BCUT2D eigenvalue weighted by atomic mass is 16.5. The van der Waals surface area contributed by atoms with Crippen LogP contribution in [0.5, 0.6) is 0 Å². The molecule has 2 aromatic heterocycles. The highest BCUT2D eigenvalue weighted by molar-refractivity contribution is 5.90.